The molecule has 0 radical (unpaired) electrons. The summed E-state index contributed by atoms with van der Waals surface area (Å²) < 4.78 is 7.13. The third-order valence-electron chi connectivity index (χ3n) is 4.52. The predicted molar refractivity (Wildman–Crippen MR) is 109 cm³/mol. The first kappa shape index (κ1) is 17.7. The van der Waals surface area contributed by atoms with E-state index in [0.717, 1.165) is 39.7 Å². The molecule has 0 aliphatic rings. The van der Waals surface area contributed by atoms with Gasteiger partial charge in [-0.2, -0.15) is 0 Å². The molecule has 2 aromatic heterocycles. The highest BCUT2D eigenvalue weighted by Gasteiger charge is 2.10. The number of imidazole rings is 1. The minimum absolute atomic E-state index is 0.0659. The van der Waals surface area contributed by atoms with Crippen molar-refractivity contribution in [2.45, 2.75) is 13.3 Å². The molecule has 0 fully saturated rings. The van der Waals surface area contributed by atoms with Crippen molar-refractivity contribution in [2.24, 2.45) is 0 Å². The topological polar surface area (TPSA) is 69.0 Å². The number of benzene rings is 2. The van der Waals surface area contributed by atoms with Crippen molar-refractivity contribution < 1.29 is 9.53 Å². The van der Waals surface area contributed by atoms with Gasteiger partial charge in [-0.3, -0.25) is 9.36 Å². The van der Waals surface area contributed by atoms with Crippen LogP contribution in [-0.2, 0) is 11.2 Å². The van der Waals surface area contributed by atoms with Crippen LogP contribution in [0.5, 0.6) is 5.75 Å². The zero-order valence-corrected chi connectivity index (χ0v) is 15.7. The number of fused-ring (bicyclic) bond motifs is 1. The number of aromatic nitrogens is 3. The molecule has 0 aliphatic heterocycles. The first-order valence-electron chi connectivity index (χ1n) is 8.97. The van der Waals surface area contributed by atoms with Crippen LogP contribution in [0.2, 0.25) is 0 Å². The fourth-order valence-corrected chi connectivity index (χ4v) is 3.16. The van der Waals surface area contributed by atoms with Gasteiger partial charge in [-0.25, -0.2) is 9.97 Å². The fourth-order valence-electron chi connectivity index (χ4n) is 3.16. The maximum atomic E-state index is 12.3. The molecular weight excluding hydrogens is 352 g/mol. The standard InChI is InChI=1S/C22H20N4O2/c1-15-24-20-4-3-13-23-22(20)26(15)18-9-5-16(6-10-18)14-21(27)25-17-7-11-19(28-2)12-8-17/h3-13H,14H2,1-2H3,(H,25,27). The van der Waals surface area contributed by atoms with Crippen molar-refractivity contribution in [1.29, 1.82) is 0 Å². The first-order chi connectivity index (χ1) is 13.6. The van der Waals surface area contributed by atoms with E-state index in [4.69, 9.17) is 4.74 Å². The summed E-state index contributed by atoms with van der Waals surface area (Å²) in [5.41, 5.74) is 4.34. The smallest absolute Gasteiger partial charge is 0.228 e. The molecule has 0 unspecified atom stereocenters. The van der Waals surface area contributed by atoms with Gasteiger partial charge in [0.15, 0.2) is 5.65 Å². The van der Waals surface area contributed by atoms with E-state index >= 15 is 0 Å². The Morgan fingerprint density at radius 3 is 2.54 bits per heavy atom. The van der Waals surface area contributed by atoms with E-state index in [0.29, 0.717) is 6.42 Å². The number of pyridine rings is 1. The molecule has 1 N–H and O–H groups in total. The number of hydrogen-bond donors (Lipinski definition) is 1. The van der Waals surface area contributed by atoms with Gasteiger partial charge in [-0.15, -0.1) is 0 Å². The molecule has 4 rings (SSSR count). The van der Waals surface area contributed by atoms with E-state index in [1.54, 1.807) is 13.3 Å². The Morgan fingerprint density at radius 1 is 1.07 bits per heavy atom. The zero-order valence-electron chi connectivity index (χ0n) is 15.7. The molecule has 0 spiro atoms. The molecular formula is C22H20N4O2. The first-order valence-corrected chi connectivity index (χ1v) is 8.97. The second kappa shape index (κ2) is 7.52. The minimum Gasteiger partial charge on any atom is -0.497 e. The lowest BCUT2D eigenvalue weighted by molar-refractivity contribution is -0.115. The highest BCUT2D eigenvalue weighted by Crippen LogP contribution is 2.20. The Hall–Kier alpha value is -3.67. The fraction of sp³-hybridized carbons (Fsp3) is 0.136. The van der Waals surface area contributed by atoms with Crippen LogP contribution in [0, 0.1) is 6.92 Å². The van der Waals surface area contributed by atoms with Gasteiger partial charge in [0.2, 0.25) is 5.91 Å². The monoisotopic (exact) mass is 372 g/mol. The van der Waals surface area contributed by atoms with Gasteiger partial charge in [0, 0.05) is 17.6 Å². The largest absolute Gasteiger partial charge is 0.497 e. The van der Waals surface area contributed by atoms with Crippen molar-refractivity contribution in [2.75, 3.05) is 12.4 Å². The number of hydrogen-bond acceptors (Lipinski definition) is 4. The van der Waals surface area contributed by atoms with Gasteiger partial charge in [0.05, 0.1) is 13.5 Å². The number of aryl methyl sites for hydroxylation is 1. The van der Waals surface area contributed by atoms with Gasteiger partial charge in [-0.05, 0) is 61.0 Å². The molecule has 0 bridgehead atoms. The molecule has 0 aliphatic carbocycles. The summed E-state index contributed by atoms with van der Waals surface area (Å²) >= 11 is 0. The number of carbonyl (C=O) groups excluding carboxylic acids is 1. The van der Waals surface area contributed by atoms with Gasteiger partial charge >= 0.3 is 0 Å². The maximum Gasteiger partial charge on any atom is 0.228 e. The third kappa shape index (κ3) is 3.57. The summed E-state index contributed by atoms with van der Waals surface area (Å²) in [5, 5.41) is 2.90. The van der Waals surface area contributed by atoms with Crippen molar-refractivity contribution in [3.8, 4) is 11.4 Å². The molecule has 4 aromatic rings. The number of rotatable bonds is 5. The number of amides is 1. The molecule has 6 nitrogen and oxygen atoms in total. The van der Waals surface area contributed by atoms with Crippen LogP contribution in [0.3, 0.4) is 0 Å². The Balaban J connectivity index is 1.48. The lowest BCUT2D eigenvalue weighted by Crippen LogP contribution is -2.14. The van der Waals surface area contributed by atoms with Crippen LogP contribution < -0.4 is 10.1 Å². The van der Waals surface area contributed by atoms with E-state index in [1.807, 2.05) is 72.2 Å². The second-order valence-corrected chi connectivity index (χ2v) is 6.46. The lowest BCUT2D eigenvalue weighted by atomic mass is 10.1. The molecule has 2 aromatic carbocycles. The second-order valence-electron chi connectivity index (χ2n) is 6.46. The molecule has 2 heterocycles. The van der Waals surface area contributed by atoms with E-state index < -0.39 is 0 Å². The summed E-state index contributed by atoms with van der Waals surface area (Å²) in [4.78, 5) is 21.3. The van der Waals surface area contributed by atoms with E-state index in [9.17, 15) is 4.79 Å². The lowest BCUT2D eigenvalue weighted by Gasteiger charge is -2.09. The van der Waals surface area contributed by atoms with Gasteiger partial charge in [0.25, 0.3) is 0 Å². The molecule has 0 saturated carbocycles. The Morgan fingerprint density at radius 2 is 1.82 bits per heavy atom. The molecule has 140 valence electrons. The average Bonchev–Trinajstić information content (AvgIpc) is 3.05. The summed E-state index contributed by atoms with van der Waals surface area (Å²) in [7, 11) is 1.61. The predicted octanol–water partition coefficient (Wildman–Crippen LogP) is 3.92. The summed E-state index contributed by atoms with van der Waals surface area (Å²) in [5.74, 6) is 1.56. The molecule has 6 heteroatoms. The number of nitrogens with one attached hydrogen (secondary N) is 1. The van der Waals surface area contributed by atoms with Crippen LogP contribution in [0.4, 0.5) is 5.69 Å². The quantitative estimate of drug-likeness (QED) is 0.576. The molecule has 1 amide bonds. The third-order valence-corrected chi connectivity index (χ3v) is 4.52. The number of methoxy groups -OCH3 is 1. The van der Waals surface area contributed by atoms with Crippen LogP contribution >= 0.6 is 0 Å². The van der Waals surface area contributed by atoms with Gasteiger partial charge in [-0.1, -0.05) is 12.1 Å². The van der Waals surface area contributed by atoms with Crippen molar-refractivity contribution in [3.63, 3.8) is 0 Å². The number of ether oxygens (including phenoxy) is 1. The minimum atomic E-state index is -0.0659. The Labute approximate surface area is 162 Å². The average molecular weight is 372 g/mol. The van der Waals surface area contributed by atoms with Crippen molar-refractivity contribution in [1.82, 2.24) is 14.5 Å². The van der Waals surface area contributed by atoms with Crippen LogP contribution in [0.25, 0.3) is 16.9 Å². The van der Waals surface area contributed by atoms with Gasteiger partial charge < -0.3 is 10.1 Å². The molecule has 0 saturated heterocycles. The van der Waals surface area contributed by atoms with Crippen molar-refractivity contribution in [3.05, 3.63) is 78.2 Å². The normalized spacial score (nSPS) is 10.8. The SMILES string of the molecule is COc1ccc(NC(=O)Cc2ccc(-n3c(C)nc4cccnc43)cc2)cc1. The molecule has 28 heavy (non-hydrogen) atoms. The zero-order chi connectivity index (χ0) is 19.5. The van der Waals surface area contributed by atoms with Crippen molar-refractivity contribution >= 4 is 22.8 Å². The summed E-state index contributed by atoms with van der Waals surface area (Å²) in [6.45, 7) is 1.96. The van der Waals surface area contributed by atoms with E-state index in [2.05, 4.69) is 15.3 Å². The van der Waals surface area contributed by atoms with E-state index in [-0.39, 0.29) is 5.91 Å². The molecule has 0 atom stereocenters. The van der Waals surface area contributed by atoms with Crippen LogP contribution in [0.1, 0.15) is 11.4 Å². The summed E-state index contributed by atoms with van der Waals surface area (Å²) in [6.07, 6.45) is 2.06. The summed E-state index contributed by atoms with van der Waals surface area (Å²) in [6, 6.07) is 19.0. The Bertz CT molecular complexity index is 1120. The number of nitrogens with zero attached hydrogens (tertiary/aromatic N) is 3. The number of anilines is 1. The Kier molecular flexibility index (Phi) is 4.76. The van der Waals surface area contributed by atoms with E-state index in [1.165, 1.54) is 0 Å². The van der Waals surface area contributed by atoms with Crippen LogP contribution in [0.15, 0.2) is 66.9 Å². The number of carbonyl (C=O) groups is 1. The van der Waals surface area contributed by atoms with Crippen LogP contribution in [-0.4, -0.2) is 27.6 Å². The highest BCUT2D eigenvalue weighted by atomic mass is 16.5. The maximum absolute atomic E-state index is 12.3. The highest BCUT2D eigenvalue weighted by molar-refractivity contribution is 5.92. The van der Waals surface area contributed by atoms with Gasteiger partial charge in [0.1, 0.15) is 17.1 Å².